The predicted molar refractivity (Wildman–Crippen MR) is 163 cm³/mol. The van der Waals surface area contributed by atoms with Crippen LogP contribution >= 0.6 is 0 Å². The SMILES string of the molecule is Cc1ccc2c(c1)=[C-]C1=C(C3=CC=CC3)C(C)([Si](C)(C)C)C=CC=21.[Cl-].[Cl-].[Zr+2]=[C](c1ccccc1)c1ccccc1. The molecular weight excluding hydrogens is 623 g/mol. The fraction of sp³-hybridized carbons (Fsp3) is 0.194. The molecule has 202 valence electrons. The molecule has 4 heteroatoms. The Bertz CT molecular complexity index is 1600. The Morgan fingerprint density at radius 2 is 1.48 bits per heavy atom. The first-order valence-electron chi connectivity index (χ1n) is 13.4. The Labute approximate surface area is 268 Å². The van der Waals surface area contributed by atoms with Gasteiger partial charge in [-0.2, -0.15) is 0 Å². The third-order valence-electron chi connectivity index (χ3n) is 8.12. The van der Waals surface area contributed by atoms with Gasteiger partial charge in [-0.05, 0) is 18.4 Å². The molecule has 0 saturated carbocycles. The van der Waals surface area contributed by atoms with Gasteiger partial charge in [-0.25, -0.2) is 0 Å². The first-order chi connectivity index (χ1) is 18.2. The summed E-state index contributed by atoms with van der Waals surface area (Å²) in [5.74, 6) is 0. The molecule has 1 unspecified atom stereocenters. The fourth-order valence-electron chi connectivity index (χ4n) is 5.42. The molecule has 3 aromatic carbocycles. The van der Waals surface area contributed by atoms with Crippen LogP contribution < -0.4 is 35.3 Å². The van der Waals surface area contributed by atoms with E-state index < -0.39 is 8.07 Å². The number of hydrogen-bond acceptors (Lipinski definition) is 0. The van der Waals surface area contributed by atoms with Crippen molar-refractivity contribution in [1.29, 1.82) is 0 Å². The summed E-state index contributed by atoms with van der Waals surface area (Å²) in [4.78, 5) is 0. The molecule has 3 aliphatic rings. The molecule has 0 bridgehead atoms. The van der Waals surface area contributed by atoms with Crippen molar-refractivity contribution < 1.29 is 49.0 Å². The van der Waals surface area contributed by atoms with E-state index in [2.05, 4.69) is 149 Å². The molecule has 0 heterocycles. The molecule has 0 aliphatic heterocycles. The van der Waals surface area contributed by atoms with E-state index in [0.717, 1.165) is 6.42 Å². The van der Waals surface area contributed by atoms with Gasteiger partial charge in [0.2, 0.25) is 0 Å². The Morgan fingerprint density at radius 1 is 0.875 bits per heavy atom. The molecular formula is C36H35Cl2SiZr-. The van der Waals surface area contributed by atoms with Crippen LogP contribution in [0.1, 0.15) is 30.0 Å². The van der Waals surface area contributed by atoms with E-state index in [9.17, 15) is 0 Å². The molecule has 3 aromatic rings. The Balaban J connectivity index is 0.000000238. The first-order valence-corrected chi connectivity index (χ1v) is 18.2. The summed E-state index contributed by atoms with van der Waals surface area (Å²) in [6.07, 6.45) is 16.5. The van der Waals surface area contributed by atoms with Crippen LogP contribution in [0.3, 0.4) is 0 Å². The van der Waals surface area contributed by atoms with Crippen LogP contribution in [0.5, 0.6) is 0 Å². The molecule has 0 aromatic heterocycles. The quantitative estimate of drug-likeness (QED) is 0.295. The Kier molecular flexibility index (Phi) is 10.7. The van der Waals surface area contributed by atoms with Crippen LogP contribution in [-0.2, 0) is 24.2 Å². The summed E-state index contributed by atoms with van der Waals surface area (Å²) >= 11 is 1.46. The molecule has 0 fully saturated rings. The number of fused-ring (bicyclic) bond motifs is 2. The number of halogens is 2. The molecule has 1 atom stereocenters. The zero-order chi connectivity index (χ0) is 26.9. The Hall–Kier alpha value is -2.09. The first kappa shape index (κ1) is 32.4. The van der Waals surface area contributed by atoms with Crippen molar-refractivity contribution in [1.82, 2.24) is 0 Å². The van der Waals surface area contributed by atoms with Crippen molar-refractivity contribution in [3.8, 4) is 0 Å². The topological polar surface area (TPSA) is 0 Å². The monoisotopic (exact) mass is 655 g/mol. The summed E-state index contributed by atoms with van der Waals surface area (Å²) in [5, 5.41) is 2.75. The van der Waals surface area contributed by atoms with Gasteiger partial charge in [-0.15, -0.1) is 33.7 Å². The van der Waals surface area contributed by atoms with E-state index in [1.165, 1.54) is 76.9 Å². The molecule has 3 aliphatic carbocycles. The number of allylic oxidation sites excluding steroid dienone is 8. The molecule has 0 spiro atoms. The van der Waals surface area contributed by atoms with Crippen molar-refractivity contribution in [2.75, 3.05) is 0 Å². The third kappa shape index (κ3) is 6.37. The molecule has 0 saturated heterocycles. The van der Waals surface area contributed by atoms with E-state index in [4.69, 9.17) is 0 Å². The fourth-order valence-corrected chi connectivity index (χ4v) is 7.86. The van der Waals surface area contributed by atoms with E-state index in [1.807, 2.05) is 0 Å². The average Bonchev–Trinajstić information content (AvgIpc) is 3.56. The van der Waals surface area contributed by atoms with Crippen LogP contribution in [0.4, 0.5) is 0 Å². The maximum atomic E-state index is 3.78. The van der Waals surface area contributed by atoms with Gasteiger partial charge >= 0.3 is 99.2 Å². The summed E-state index contributed by atoms with van der Waals surface area (Å²) in [7, 11) is -1.45. The number of rotatable bonds is 4. The second kappa shape index (κ2) is 13.3. The van der Waals surface area contributed by atoms with Crippen molar-refractivity contribution in [3.63, 3.8) is 0 Å². The summed E-state index contributed by atoms with van der Waals surface area (Å²) in [6.45, 7) is 12.1. The van der Waals surface area contributed by atoms with Gasteiger partial charge in [0.1, 0.15) is 0 Å². The summed E-state index contributed by atoms with van der Waals surface area (Å²) < 4.78 is 1.42. The molecule has 40 heavy (non-hydrogen) atoms. The van der Waals surface area contributed by atoms with Gasteiger partial charge in [0, 0.05) is 0 Å². The van der Waals surface area contributed by atoms with Gasteiger partial charge in [-0.1, -0.05) is 85.8 Å². The molecule has 6 rings (SSSR count). The van der Waals surface area contributed by atoms with Crippen LogP contribution in [0.15, 0.2) is 126 Å². The van der Waals surface area contributed by atoms with Crippen molar-refractivity contribution in [3.05, 3.63) is 153 Å². The minimum absolute atomic E-state index is 0. The van der Waals surface area contributed by atoms with E-state index in [-0.39, 0.29) is 29.9 Å². The van der Waals surface area contributed by atoms with Gasteiger partial charge in [0.05, 0.1) is 8.07 Å². The van der Waals surface area contributed by atoms with Gasteiger partial charge in [-0.3, -0.25) is 0 Å². The van der Waals surface area contributed by atoms with Crippen molar-refractivity contribution in [2.45, 2.75) is 44.9 Å². The van der Waals surface area contributed by atoms with Gasteiger partial charge in [0.15, 0.2) is 0 Å². The average molecular weight is 658 g/mol. The Morgan fingerprint density at radius 3 is 2.00 bits per heavy atom. The van der Waals surface area contributed by atoms with Crippen molar-refractivity contribution in [2.24, 2.45) is 0 Å². The maximum absolute atomic E-state index is 3.78. The second-order valence-electron chi connectivity index (χ2n) is 11.6. The zero-order valence-electron chi connectivity index (χ0n) is 23.9. The molecule has 0 amide bonds. The summed E-state index contributed by atoms with van der Waals surface area (Å²) in [5.41, 5.74) is 9.68. The molecule has 0 radical (unpaired) electrons. The number of aryl methyl sites for hydroxylation is 1. The van der Waals surface area contributed by atoms with Crippen LogP contribution in [-0.4, -0.2) is 11.3 Å². The number of benzene rings is 3. The summed E-state index contributed by atoms with van der Waals surface area (Å²) in [6, 6.07) is 27.9. The van der Waals surface area contributed by atoms with E-state index in [0.29, 0.717) is 0 Å². The normalized spacial score (nSPS) is 18.4. The zero-order valence-corrected chi connectivity index (χ0v) is 28.8. The third-order valence-corrected chi connectivity index (χ3v) is 13.1. The van der Waals surface area contributed by atoms with E-state index in [1.54, 1.807) is 0 Å². The van der Waals surface area contributed by atoms with Crippen LogP contribution in [0.25, 0.3) is 11.6 Å². The molecule has 0 nitrogen and oxygen atoms in total. The standard InChI is InChI=1S/C23H25Si.C13H10.2ClH.Zr/c1-16-10-11-19-18(14-16)15-21-20(19)12-13-23(2,24(3,4)5)22(21)17-8-6-7-9-17;1-3-7-12(8-4-1)11-13-9-5-2-6-10-13;;;/h6-8,10-14H,9H2,1-5H3;1-10H;2*1H;/q-1;;;;+2/p-2. The van der Waals surface area contributed by atoms with Gasteiger partial charge in [0.25, 0.3) is 0 Å². The number of hydrogen-bond donors (Lipinski definition) is 0. The second-order valence-corrected chi connectivity index (χ2v) is 18.3. The van der Waals surface area contributed by atoms with Crippen LogP contribution in [0, 0.1) is 6.92 Å². The van der Waals surface area contributed by atoms with Crippen LogP contribution in [0.2, 0.25) is 24.7 Å². The minimum atomic E-state index is -1.45. The van der Waals surface area contributed by atoms with Crippen molar-refractivity contribution >= 4 is 22.9 Å². The van der Waals surface area contributed by atoms with Gasteiger partial charge < -0.3 is 24.8 Å². The predicted octanol–water partition coefficient (Wildman–Crippen LogP) is 1.48. The van der Waals surface area contributed by atoms with E-state index >= 15 is 0 Å². The molecule has 0 N–H and O–H groups in total.